The Bertz CT molecular complexity index is 739. The second-order valence-corrected chi connectivity index (χ2v) is 4.58. The summed E-state index contributed by atoms with van der Waals surface area (Å²) in [5.74, 6) is -0.646. The van der Waals surface area contributed by atoms with Crippen molar-refractivity contribution < 1.29 is 31.5 Å². The number of rotatable bonds is 5. The van der Waals surface area contributed by atoms with Crippen LogP contribution in [0.25, 0.3) is 6.08 Å². The first kappa shape index (κ1) is 17.6. The van der Waals surface area contributed by atoms with Gasteiger partial charge in [0.25, 0.3) is 0 Å². The molecule has 1 heterocycles. The predicted molar refractivity (Wildman–Crippen MR) is 75.7 cm³/mol. The number of alkyl halides is 5. The van der Waals surface area contributed by atoms with E-state index in [-0.39, 0.29) is 11.3 Å². The lowest BCUT2D eigenvalue weighted by atomic mass is 10.1. The monoisotopic (exact) mass is 343 g/mol. The molecule has 0 saturated carbocycles. The number of benzene rings is 1. The summed E-state index contributed by atoms with van der Waals surface area (Å²) in [4.78, 5) is 15.1. The van der Waals surface area contributed by atoms with Gasteiger partial charge in [0.1, 0.15) is 11.4 Å². The number of carbonyl (C=O) groups is 1. The van der Waals surface area contributed by atoms with Crippen molar-refractivity contribution >= 4 is 11.9 Å². The van der Waals surface area contributed by atoms with Gasteiger partial charge in [0.05, 0.1) is 0 Å². The first-order valence-corrected chi connectivity index (χ1v) is 6.56. The van der Waals surface area contributed by atoms with Gasteiger partial charge in [-0.05, 0) is 35.9 Å². The van der Waals surface area contributed by atoms with Gasteiger partial charge >= 0.3 is 12.8 Å². The largest absolute Gasteiger partial charge is 0.435 e. The molecule has 3 nitrogen and oxygen atoms in total. The summed E-state index contributed by atoms with van der Waals surface area (Å²) in [6.07, 6.45) is -1.32. The number of ketones is 1. The highest BCUT2D eigenvalue weighted by Gasteiger charge is 2.32. The highest BCUT2D eigenvalue weighted by Crippen LogP contribution is 2.27. The molecule has 2 aromatic rings. The smallest absolute Gasteiger partial charge is 0.433 e. The minimum Gasteiger partial charge on any atom is -0.435 e. The molecule has 0 saturated heterocycles. The molecular formula is C16H10F5NO2. The topological polar surface area (TPSA) is 39.2 Å². The third-order valence-corrected chi connectivity index (χ3v) is 2.85. The van der Waals surface area contributed by atoms with Crippen molar-refractivity contribution in [2.24, 2.45) is 0 Å². The van der Waals surface area contributed by atoms with Gasteiger partial charge in [0.2, 0.25) is 0 Å². The number of nitrogens with zero attached hydrogens (tertiary/aromatic N) is 1. The lowest BCUT2D eigenvalue weighted by Gasteiger charge is -2.05. The highest BCUT2D eigenvalue weighted by atomic mass is 19.4. The lowest BCUT2D eigenvalue weighted by Crippen LogP contribution is -2.08. The second-order valence-electron chi connectivity index (χ2n) is 4.58. The van der Waals surface area contributed by atoms with Crippen LogP contribution in [0.4, 0.5) is 22.0 Å². The predicted octanol–water partition coefficient (Wildman–Crippen LogP) is 4.60. The summed E-state index contributed by atoms with van der Waals surface area (Å²) in [6, 6.07) is 7.34. The summed E-state index contributed by atoms with van der Waals surface area (Å²) >= 11 is 0. The second kappa shape index (κ2) is 7.20. The first-order valence-electron chi connectivity index (χ1n) is 6.56. The van der Waals surface area contributed by atoms with Gasteiger partial charge in [-0.25, -0.2) is 0 Å². The molecule has 24 heavy (non-hydrogen) atoms. The summed E-state index contributed by atoms with van der Waals surface area (Å²) in [6.45, 7) is -2.97. The van der Waals surface area contributed by atoms with Gasteiger partial charge in [-0.3, -0.25) is 9.78 Å². The molecule has 0 aliphatic carbocycles. The average Bonchev–Trinajstić information content (AvgIpc) is 2.51. The molecule has 0 radical (unpaired) electrons. The molecule has 1 aromatic carbocycles. The van der Waals surface area contributed by atoms with Gasteiger partial charge < -0.3 is 4.74 Å². The summed E-state index contributed by atoms with van der Waals surface area (Å²) in [7, 11) is 0. The summed E-state index contributed by atoms with van der Waals surface area (Å²) in [5.41, 5.74) is -0.708. The van der Waals surface area contributed by atoms with Crippen LogP contribution in [0, 0.1) is 0 Å². The molecule has 0 N–H and O–H groups in total. The lowest BCUT2D eigenvalue weighted by molar-refractivity contribution is -0.141. The Balaban J connectivity index is 2.10. The van der Waals surface area contributed by atoms with E-state index in [4.69, 9.17) is 0 Å². The molecule has 8 heteroatoms. The van der Waals surface area contributed by atoms with E-state index in [1.807, 2.05) is 0 Å². The van der Waals surface area contributed by atoms with Crippen LogP contribution in [-0.4, -0.2) is 17.4 Å². The van der Waals surface area contributed by atoms with Gasteiger partial charge in [-0.2, -0.15) is 22.0 Å². The number of halogens is 5. The minimum atomic E-state index is -4.58. The Kier molecular flexibility index (Phi) is 5.28. The van der Waals surface area contributed by atoms with Gasteiger partial charge in [0, 0.05) is 11.8 Å². The Morgan fingerprint density at radius 1 is 1.17 bits per heavy atom. The summed E-state index contributed by atoms with van der Waals surface area (Å²) < 4.78 is 65.6. The zero-order valence-electron chi connectivity index (χ0n) is 11.9. The molecule has 0 aliphatic heterocycles. The van der Waals surface area contributed by atoms with E-state index in [1.165, 1.54) is 24.3 Å². The molecule has 1 aromatic heterocycles. The molecular weight excluding hydrogens is 333 g/mol. The number of ether oxygens (including phenoxy) is 1. The molecule has 0 atom stereocenters. The van der Waals surface area contributed by atoms with E-state index in [2.05, 4.69) is 9.72 Å². The van der Waals surface area contributed by atoms with Crippen LogP contribution in [0.3, 0.4) is 0 Å². The fourth-order valence-electron chi connectivity index (χ4n) is 1.77. The van der Waals surface area contributed by atoms with E-state index in [0.29, 0.717) is 11.6 Å². The van der Waals surface area contributed by atoms with Crippen molar-refractivity contribution in [2.75, 3.05) is 0 Å². The van der Waals surface area contributed by atoms with Crippen LogP contribution in [0.15, 0.2) is 48.7 Å². The number of carbonyl (C=O) groups excluding carboxylic acids is 1. The van der Waals surface area contributed by atoms with Crippen molar-refractivity contribution in [1.29, 1.82) is 0 Å². The normalized spacial score (nSPS) is 11.9. The SMILES string of the molecule is O=C(/C=C/c1cccc(OC(F)F)c1)c1ccc(C(F)(F)F)nc1. The van der Waals surface area contributed by atoms with Crippen LogP contribution in [0.5, 0.6) is 5.75 Å². The third kappa shape index (κ3) is 4.87. The van der Waals surface area contributed by atoms with E-state index in [1.54, 1.807) is 6.07 Å². The summed E-state index contributed by atoms with van der Waals surface area (Å²) in [5, 5.41) is 0. The number of pyridine rings is 1. The number of hydrogen-bond donors (Lipinski definition) is 0. The molecule has 0 unspecified atom stereocenters. The van der Waals surface area contributed by atoms with Crippen molar-refractivity contribution in [3.63, 3.8) is 0 Å². The van der Waals surface area contributed by atoms with Crippen molar-refractivity contribution in [1.82, 2.24) is 4.98 Å². The molecule has 0 spiro atoms. The van der Waals surface area contributed by atoms with Crippen LogP contribution >= 0.6 is 0 Å². The van der Waals surface area contributed by atoms with Gasteiger partial charge in [-0.1, -0.05) is 18.2 Å². The number of hydrogen-bond acceptors (Lipinski definition) is 3. The van der Waals surface area contributed by atoms with E-state index in [9.17, 15) is 26.7 Å². The molecule has 0 amide bonds. The molecule has 126 valence electrons. The fraction of sp³-hybridized carbons (Fsp3) is 0.125. The van der Waals surface area contributed by atoms with E-state index < -0.39 is 24.3 Å². The van der Waals surface area contributed by atoms with Crippen molar-refractivity contribution in [3.05, 3.63) is 65.5 Å². The quantitative estimate of drug-likeness (QED) is 0.453. The standard InChI is InChI=1S/C16H10F5NO2/c17-15(18)24-12-3-1-2-10(8-12)4-6-13(23)11-5-7-14(22-9-11)16(19,20)21/h1-9,15H/b6-4+. The Morgan fingerprint density at radius 2 is 1.92 bits per heavy atom. The van der Waals surface area contributed by atoms with Gasteiger partial charge in [-0.15, -0.1) is 0 Å². The molecule has 0 aliphatic rings. The molecule has 2 rings (SSSR count). The Labute approximate surface area is 133 Å². The first-order chi connectivity index (χ1) is 11.3. The van der Waals surface area contributed by atoms with E-state index in [0.717, 1.165) is 18.3 Å². The molecule has 0 bridgehead atoms. The number of aromatic nitrogens is 1. The maximum Gasteiger partial charge on any atom is 0.433 e. The maximum absolute atomic E-state index is 12.4. The van der Waals surface area contributed by atoms with Crippen LogP contribution in [0.1, 0.15) is 21.6 Å². The third-order valence-electron chi connectivity index (χ3n) is 2.85. The van der Waals surface area contributed by atoms with Gasteiger partial charge in [0.15, 0.2) is 5.78 Å². The average molecular weight is 343 g/mol. The fourth-order valence-corrected chi connectivity index (χ4v) is 1.77. The van der Waals surface area contributed by atoms with Crippen molar-refractivity contribution in [2.45, 2.75) is 12.8 Å². The zero-order chi connectivity index (χ0) is 17.7. The Hall–Kier alpha value is -2.77. The van der Waals surface area contributed by atoms with Crippen LogP contribution in [0.2, 0.25) is 0 Å². The highest BCUT2D eigenvalue weighted by molar-refractivity contribution is 6.06. The maximum atomic E-state index is 12.4. The number of allylic oxidation sites excluding steroid dienone is 1. The Morgan fingerprint density at radius 3 is 2.50 bits per heavy atom. The zero-order valence-corrected chi connectivity index (χ0v) is 11.9. The van der Waals surface area contributed by atoms with E-state index >= 15 is 0 Å². The molecule has 0 fully saturated rings. The van der Waals surface area contributed by atoms with Crippen molar-refractivity contribution in [3.8, 4) is 5.75 Å². The van der Waals surface area contributed by atoms with Crippen LogP contribution in [-0.2, 0) is 6.18 Å². The minimum absolute atomic E-state index is 0.0285. The van der Waals surface area contributed by atoms with Crippen LogP contribution < -0.4 is 4.74 Å².